The first-order chi connectivity index (χ1) is 12.2. The van der Waals surface area contributed by atoms with Gasteiger partial charge in [0.1, 0.15) is 0 Å². The molecule has 0 fully saturated rings. The van der Waals surface area contributed by atoms with E-state index >= 15 is 0 Å². The Morgan fingerprint density at radius 1 is 0.640 bits per heavy atom. The van der Waals surface area contributed by atoms with Crippen LogP contribution in [0.4, 0.5) is 0 Å². The molecule has 3 aromatic carbocycles. The van der Waals surface area contributed by atoms with Crippen molar-refractivity contribution in [1.29, 1.82) is 0 Å². The second kappa shape index (κ2) is 7.07. The standard InChI is InChI=1S/C23H18Cl2/c24-20-10-6-16(7-11-20)19-14-22(17-4-2-1-3-5-17)23(15-19)18-8-12-21(25)13-9-18/h1-14,22-23H,15H2/t22-,23-/m0/s1. The van der Waals surface area contributed by atoms with E-state index in [0.29, 0.717) is 11.8 Å². The Morgan fingerprint density at radius 3 is 1.88 bits per heavy atom. The van der Waals surface area contributed by atoms with Crippen LogP contribution in [-0.2, 0) is 0 Å². The van der Waals surface area contributed by atoms with E-state index in [1.54, 1.807) is 0 Å². The highest BCUT2D eigenvalue weighted by molar-refractivity contribution is 6.30. The van der Waals surface area contributed by atoms with E-state index in [2.05, 4.69) is 60.7 Å². The third kappa shape index (κ3) is 3.51. The van der Waals surface area contributed by atoms with Gasteiger partial charge in [-0.15, -0.1) is 0 Å². The van der Waals surface area contributed by atoms with E-state index in [0.717, 1.165) is 16.5 Å². The third-order valence-electron chi connectivity index (χ3n) is 4.95. The molecule has 0 bridgehead atoms. The minimum absolute atomic E-state index is 0.369. The van der Waals surface area contributed by atoms with Crippen LogP contribution in [0.2, 0.25) is 10.0 Å². The molecule has 0 aliphatic heterocycles. The Balaban J connectivity index is 1.73. The lowest BCUT2D eigenvalue weighted by Gasteiger charge is -2.20. The maximum absolute atomic E-state index is 6.09. The van der Waals surface area contributed by atoms with Crippen molar-refractivity contribution in [3.05, 3.63) is 112 Å². The molecule has 3 aromatic rings. The highest BCUT2D eigenvalue weighted by Gasteiger charge is 2.30. The number of hydrogen-bond acceptors (Lipinski definition) is 0. The summed E-state index contributed by atoms with van der Waals surface area (Å²) in [6, 6.07) is 27.2. The molecule has 1 aliphatic carbocycles. The van der Waals surface area contributed by atoms with E-state index in [4.69, 9.17) is 23.2 Å². The average molecular weight is 365 g/mol. The Bertz CT molecular complexity index is 878. The summed E-state index contributed by atoms with van der Waals surface area (Å²) in [4.78, 5) is 0. The highest BCUT2D eigenvalue weighted by Crippen LogP contribution is 2.47. The second-order valence-electron chi connectivity index (χ2n) is 6.50. The second-order valence-corrected chi connectivity index (χ2v) is 7.37. The molecule has 0 N–H and O–H groups in total. The Labute approximate surface area is 158 Å². The van der Waals surface area contributed by atoms with Crippen molar-refractivity contribution in [2.45, 2.75) is 18.3 Å². The maximum Gasteiger partial charge on any atom is 0.0406 e. The maximum atomic E-state index is 6.09. The van der Waals surface area contributed by atoms with Crippen LogP contribution < -0.4 is 0 Å². The van der Waals surface area contributed by atoms with Gasteiger partial charge in [0.25, 0.3) is 0 Å². The molecule has 0 radical (unpaired) electrons. The molecule has 124 valence electrons. The SMILES string of the molecule is Clc1ccc(C2=C[C@@H](c3ccccc3)[C@H](c3ccc(Cl)cc3)C2)cc1. The van der Waals surface area contributed by atoms with Gasteiger partial charge in [0.05, 0.1) is 0 Å². The van der Waals surface area contributed by atoms with Crippen molar-refractivity contribution >= 4 is 28.8 Å². The fourth-order valence-corrected chi connectivity index (χ4v) is 3.93. The Hall–Kier alpha value is -2.02. The molecule has 0 nitrogen and oxygen atoms in total. The number of benzene rings is 3. The average Bonchev–Trinajstić information content (AvgIpc) is 3.09. The quantitative estimate of drug-likeness (QED) is 0.455. The fourth-order valence-electron chi connectivity index (χ4n) is 3.68. The van der Waals surface area contributed by atoms with Gasteiger partial charge in [-0.1, -0.05) is 83.9 Å². The van der Waals surface area contributed by atoms with Crippen molar-refractivity contribution in [3.63, 3.8) is 0 Å². The van der Waals surface area contributed by atoms with E-state index < -0.39 is 0 Å². The summed E-state index contributed by atoms with van der Waals surface area (Å²) in [5.74, 6) is 0.790. The molecule has 0 amide bonds. The molecular formula is C23H18Cl2. The number of halogens is 2. The van der Waals surface area contributed by atoms with Gasteiger partial charge in [-0.2, -0.15) is 0 Å². The molecule has 0 saturated heterocycles. The van der Waals surface area contributed by atoms with E-state index in [9.17, 15) is 0 Å². The summed E-state index contributed by atoms with van der Waals surface area (Å²) in [5, 5.41) is 1.56. The minimum atomic E-state index is 0.369. The van der Waals surface area contributed by atoms with Gasteiger partial charge >= 0.3 is 0 Å². The zero-order chi connectivity index (χ0) is 17.2. The summed E-state index contributed by atoms with van der Waals surface area (Å²) >= 11 is 12.1. The molecule has 1 aliphatic rings. The molecule has 2 heteroatoms. The normalized spacial score (nSPS) is 19.7. The molecule has 0 saturated carbocycles. The van der Waals surface area contributed by atoms with Crippen LogP contribution in [-0.4, -0.2) is 0 Å². The first-order valence-electron chi connectivity index (χ1n) is 8.48. The molecular weight excluding hydrogens is 347 g/mol. The number of rotatable bonds is 3. The summed E-state index contributed by atoms with van der Waals surface area (Å²) in [5.41, 5.74) is 5.32. The van der Waals surface area contributed by atoms with Crippen molar-refractivity contribution in [2.75, 3.05) is 0 Å². The van der Waals surface area contributed by atoms with Gasteiger partial charge in [-0.25, -0.2) is 0 Å². The molecule has 4 rings (SSSR count). The monoisotopic (exact) mass is 364 g/mol. The topological polar surface area (TPSA) is 0 Å². The van der Waals surface area contributed by atoms with E-state index in [1.807, 2.05) is 24.3 Å². The lowest BCUT2D eigenvalue weighted by atomic mass is 9.83. The zero-order valence-electron chi connectivity index (χ0n) is 13.7. The first kappa shape index (κ1) is 16.4. The summed E-state index contributed by atoms with van der Waals surface area (Å²) in [7, 11) is 0. The molecule has 2 atom stereocenters. The smallest absolute Gasteiger partial charge is 0.0406 e. The van der Waals surface area contributed by atoms with Crippen LogP contribution in [0.3, 0.4) is 0 Å². The summed E-state index contributed by atoms with van der Waals surface area (Å²) in [6.45, 7) is 0. The van der Waals surface area contributed by atoms with Crippen LogP contribution in [0.15, 0.2) is 84.9 Å². The van der Waals surface area contributed by atoms with Gasteiger partial charge < -0.3 is 0 Å². The lowest BCUT2D eigenvalue weighted by molar-refractivity contribution is 0.668. The summed E-state index contributed by atoms with van der Waals surface area (Å²) in [6.07, 6.45) is 3.43. The van der Waals surface area contributed by atoms with Gasteiger partial charge in [-0.05, 0) is 58.9 Å². The minimum Gasteiger partial charge on any atom is -0.0843 e. The molecule has 0 aromatic heterocycles. The van der Waals surface area contributed by atoms with Gasteiger partial charge in [0.15, 0.2) is 0 Å². The zero-order valence-corrected chi connectivity index (χ0v) is 15.2. The fraction of sp³-hybridized carbons (Fsp3) is 0.130. The van der Waals surface area contributed by atoms with Gasteiger partial charge in [0, 0.05) is 16.0 Å². The van der Waals surface area contributed by atoms with Crippen LogP contribution in [0.5, 0.6) is 0 Å². The van der Waals surface area contributed by atoms with Crippen molar-refractivity contribution in [1.82, 2.24) is 0 Å². The van der Waals surface area contributed by atoms with Crippen LogP contribution >= 0.6 is 23.2 Å². The number of hydrogen-bond donors (Lipinski definition) is 0. The Kier molecular flexibility index (Phi) is 4.65. The Morgan fingerprint density at radius 2 is 1.24 bits per heavy atom. The lowest BCUT2D eigenvalue weighted by Crippen LogP contribution is -2.05. The third-order valence-corrected chi connectivity index (χ3v) is 5.46. The van der Waals surface area contributed by atoms with Crippen molar-refractivity contribution < 1.29 is 0 Å². The van der Waals surface area contributed by atoms with Gasteiger partial charge in [-0.3, -0.25) is 0 Å². The highest BCUT2D eigenvalue weighted by atomic mass is 35.5. The van der Waals surface area contributed by atoms with Crippen LogP contribution in [0.25, 0.3) is 5.57 Å². The van der Waals surface area contributed by atoms with Crippen molar-refractivity contribution in [3.8, 4) is 0 Å². The van der Waals surface area contributed by atoms with Crippen molar-refractivity contribution in [2.24, 2.45) is 0 Å². The van der Waals surface area contributed by atoms with Gasteiger partial charge in [0.2, 0.25) is 0 Å². The summed E-state index contributed by atoms with van der Waals surface area (Å²) < 4.78 is 0. The molecule has 25 heavy (non-hydrogen) atoms. The van der Waals surface area contributed by atoms with Crippen LogP contribution in [0, 0.1) is 0 Å². The largest absolute Gasteiger partial charge is 0.0843 e. The number of allylic oxidation sites excluding steroid dienone is 2. The van der Waals surface area contributed by atoms with Crippen LogP contribution in [0.1, 0.15) is 34.9 Å². The predicted octanol–water partition coefficient (Wildman–Crippen LogP) is 7.35. The molecule has 0 unspecified atom stereocenters. The first-order valence-corrected chi connectivity index (χ1v) is 9.23. The van der Waals surface area contributed by atoms with E-state index in [1.165, 1.54) is 22.3 Å². The molecule has 0 spiro atoms. The predicted molar refractivity (Wildman–Crippen MR) is 107 cm³/mol. The molecule has 0 heterocycles. The van der Waals surface area contributed by atoms with E-state index in [-0.39, 0.29) is 0 Å².